The van der Waals surface area contributed by atoms with E-state index >= 15 is 0 Å². The van der Waals surface area contributed by atoms with Crippen LogP contribution in [0.4, 0.5) is 18.9 Å². The number of nitrogens with two attached hydrogens (primary N) is 1. The van der Waals surface area contributed by atoms with Gasteiger partial charge in [-0.2, -0.15) is 13.2 Å². The number of carbonyl (C=O) groups excluding carboxylic acids is 1. The number of halogens is 4. The van der Waals surface area contributed by atoms with E-state index in [0.717, 1.165) is 5.56 Å². The topological polar surface area (TPSA) is 55.1 Å². The molecule has 126 valence electrons. The number of amides is 1. The van der Waals surface area contributed by atoms with Gasteiger partial charge in [-0.05, 0) is 38.0 Å². The van der Waals surface area contributed by atoms with Crippen molar-refractivity contribution in [2.45, 2.75) is 43.8 Å². The normalized spacial score (nSPS) is 12.5. The molecule has 0 aliphatic carbocycles. The quantitative estimate of drug-likeness (QED) is 0.753. The molecule has 1 unspecified atom stereocenters. The number of anilines is 1. The lowest BCUT2D eigenvalue weighted by Crippen LogP contribution is -2.19. The molecule has 3 N–H and O–H groups in total. The van der Waals surface area contributed by atoms with Crippen molar-refractivity contribution in [3.05, 3.63) is 23.8 Å². The molecule has 0 aliphatic rings. The van der Waals surface area contributed by atoms with Crippen LogP contribution >= 0.6 is 24.2 Å². The van der Waals surface area contributed by atoms with Crippen LogP contribution in [-0.4, -0.2) is 23.9 Å². The number of hydrogen-bond acceptors (Lipinski definition) is 3. The minimum absolute atomic E-state index is 0. The SMILES string of the molecule is Cc1ccc(SCC(F)(F)F)c(NC(=O)CCC(C)N)c1.Cl. The van der Waals surface area contributed by atoms with E-state index in [9.17, 15) is 18.0 Å². The fourth-order valence-corrected chi connectivity index (χ4v) is 2.35. The van der Waals surface area contributed by atoms with Crippen molar-refractivity contribution in [1.82, 2.24) is 0 Å². The lowest BCUT2D eigenvalue weighted by Gasteiger charge is -2.13. The number of benzene rings is 1. The molecule has 0 heterocycles. The van der Waals surface area contributed by atoms with Crippen LogP contribution < -0.4 is 11.1 Å². The van der Waals surface area contributed by atoms with E-state index in [4.69, 9.17) is 5.73 Å². The summed E-state index contributed by atoms with van der Waals surface area (Å²) in [4.78, 5) is 12.2. The fraction of sp³-hybridized carbons (Fsp3) is 0.500. The number of alkyl halides is 3. The Labute approximate surface area is 138 Å². The number of aryl methyl sites for hydroxylation is 1. The molecule has 0 aliphatic heterocycles. The molecule has 3 nitrogen and oxygen atoms in total. The Balaban J connectivity index is 0.00000441. The summed E-state index contributed by atoms with van der Waals surface area (Å²) >= 11 is 0.665. The Bertz CT molecular complexity index is 495. The molecule has 22 heavy (non-hydrogen) atoms. The monoisotopic (exact) mass is 356 g/mol. The Morgan fingerprint density at radius 2 is 2.05 bits per heavy atom. The Morgan fingerprint density at radius 3 is 2.59 bits per heavy atom. The van der Waals surface area contributed by atoms with Crippen LogP contribution in [0.5, 0.6) is 0 Å². The van der Waals surface area contributed by atoms with Gasteiger partial charge in [0.05, 0.1) is 11.4 Å². The third-order valence-electron chi connectivity index (χ3n) is 2.63. The number of hydrogen-bond donors (Lipinski definition) is 2. The summed E-state index contributed by atoms with van der Waals surface area (Å²) in [7, 11) is 0. The molecule has 1 atom stereocenters. The Hall–Kier alpha value is -0.920. The van der Waals surface area contributed by atoms with Gasteiger partial charge < -0.3 is 11.1 Å². The van der Waals surface area contributed by atoms with Crippen molar-refractivity contribution < 1.29 is 18.0 Å². The van der Waals surface area contributed by atoms with Gasteiger partial charge in [0, 0.05) is 17.4 Å². The van der Waals surface area contributed by atoms with E-state index in [0.29, 0.717) is 28.8 Å². The molecule has 1 rings (SSSR count). The zero-order chi connectivity index (χ0) is 16.0. The average molecular weight is 357 g/mol. The maximum Gasteiger partial charge on any atom is 0.398 e. The van der Waals surface area contributed by atoms with E-state index in [1.807, 2.05) is 6.92 Å². The number of rotatable bonds is 6. The minimum Gasteiger partial charge on any atom is -0.328 e. The first-order valence-electron chi connectivity index (χ1n) is 6.53. The largest absolute Gasteiger partial charge is 0.398 e. The minimum atomic E-state index is -4.24. The molecule has 1 aromatic rings. The van der Waals surface area contributed by atoms with Crippen LogP contribution in [0.25, 0.3) is 0 Å². The summed E-state index contributed by atoms with van der Waals surface area (Å²) in [5, 5.41) is 2.66. The zero-order valence-corrected chi connectivity index (χ0v) is 14.0. The molecule has 8 heteroatoms. The van der Waals surface area contributed by atoms with Crippen molar-refractivity contribution in [1.29, 1.82) is 0 Å². The summed E-state index contributed by atoms with van der Waals surface area (Å²) < 4.78 is 36.9. The van der Waals surface area contributed by atoms with E-state index in [2.05, 4.69) is 5.32 Å². The highest BCUT2D eigenvalue weighted by atomic mass is 35.5. The van der Waals surface area contributed by atoms with Crippen LogP contribution in [0.1, 0.15) is 25.3 Å². The molecule has 0 saturated carbocycles. The van der Waals surface area contributed by atoms with Crippen molar-refractivity contribution in [2.75, 3.05) is 11.1 Å². The van der Waals surface area contributed by atoms with Gasteiger partial charge in [-0.3, -0.25) is 4.79 Å². The third-order valence-corrected chi connectivity index (χ3v) is 3.77. The summed E-state index contributed by atoms with van der Waals surface area (Å²) in [6, 6.07) is 4.89. The fourth-order valence-electron chi connectivity index (χ4n) is 1.60. The van der Waals surface area contributed by atoms with Crippen LogP contribution in [0.3, 0.4) is 0 Å². The summed E-state index contributed by atoms with van der Waals surface area (Å²) in [5.74, 6) is -1.23. The zero-order valence-electron chi connectivity index (χ0n) is 12.4. The van der Waals surface area contributed by atoms with Gasteiger partial charge in [0.1, 0.15) is 0 Å². The molecule has 1 amide bonds. The second-order valence-electron chi connectivity index (χ2n) is 4.97. The van der Waals surface area contributed by atoms with Gasteiger partial charge in [0.15, 0.2) is 0 Å². The molecule has 0 saturated heterocycles. The molecule has 0 spiro atoms. The summed E-state index contributed by atoms with van der Waals surface area (Å²) in [5.41, 5.74) is 6.86. The van der Waals surface area contributed by atoms with Crippen molar-refractivity contribution in [3.8, 4) is 0 Å². The van der Waals surface area contributed by atoms with E-state index in [1.54, 1.807) is 25.1 Å². The van der Waals surface area contributed by atoms with Crippen molar-refractivity contribution in [2.24, 2.45) is 5.73 Å². The number of nitrogens with one attached hydrogen (secondary N) is 1. The summed E-state index contributed by atoms with van der Waals surface area (Å²) in [6.45, 7) is 3.61. The van der Waals surface area contributed by atoms with Crippen LogP contribution in [0.15, 0.2) is 23.1 Å². The molecule has 0 aromatic heterocycles. The molecule has 1 aromatic carbocycles. The third kappa shape index (κ3) is 8.51. The highest BCUT2D eigenvalue weighted by molar-refractivity contribution is 7.99. The first-order chi connectivity index (χ1) is 9.67. The van der Waals surface area contributed by atoms with Crippen molar-refractivity contribution >= 4 is 35.8 Å². The standard InChI is InChI=1S/C14H19F3N2OS.ClH/c1-9-3-5-12(21-8-14(15,16)17)11(7-9)19-13(20)6-4-10(2)18;/h3,5,7,10H,4,6,8,18H2,1-2H3,(H,19,20);1H. The predicted molar refractivity (Wildman–Crippen MR) is 86.7 cm³/mol. The number of thioether (sulfide) groups is 1. The molecule has 0 fully saturated rings. The van der Waals surface area contributed by atoms with E-state index in [1.165, 1.54) is 0 Å². The van der Waals surface area contributed by atoms with Crippen LogP contribution in [0.2, 0.25) is 0 Å². The van der Waals surface area contributed by atoms with Gasteiger partial charge in [0.25, 0.3) is 0 Å². The second kappa shape index (κ2) is 9.27. The Kier molecular flexibility index (Phi) is 8.88. The van der Waals surface area contributed by atoms with Gasteiger partial charge in [-0.1, -0.05) is 6.07 Å². The summed E-state index contributed by atoms with van der Waals surface area (Å²) in [6.07, 6.45) is -3.47. The lowest BCUT2D eigenvalue weighted by molar-refractivity contribution is -0.116. The maximum atomic E-state index is 12.3. The first-order valence-corrected chi connectivity index (χ1v) is 7.51. The smallest absolute Gasteiger partial charge is 0.328 e. The molecular formula is C14H20ClF3N2OS. The second-order valence-corrected chi connectivity index (χ2v) is 5.98. The van der Waals surface area contributed by atoms with Gasteiger partial charge in [0.2, 0.25) is 5.91 Å². The highest BCUT2D eigenvalue weighted by Crippen LogP contribution is 2.33. The number of carbonyl (C=O) groups is 1. The Morgan fingerprint density at radius 1 is 1.41 bits per heavy atom. The highest BCUT2D eigenvalue weighted by Gasteiger charge is 2.27. The average Bonchev–Trinajstić information content (AvgIpc) is 2.34. The lowest BCUT2D eigenvalue weighted by atomic mass is 10.2. The van der Waals surface area contributed by atoms with Crippen LogP contribution in [0, 0.1) is 6.92 Å². The van der Waals surface area contributed by atoms with Gasteiger partial charge in [-0.25, -0.2) is 0 Å². The molecular weight excluding hydrogens is 337 g/mol. The van der Waals surface area contributed by atoms with Gasteiger partial charge in [-0.15, -0.1) is 24.2 Å². The maximum absolute atomic E-state index is 12.3. The van der Waals surface area contributed by atoms with Crippen molar-refractivity contribution in [3.63, 3.8) is 0 Å². The molecule has 0 bridgehead atoms. The predicted octanol–water partition coefficient (Wildman–Crippen LogP) is 4.14. The van der Waals surface area contributed by atoms with Gasteiger partial charge >= 0.3 is 6.18 Å². The van der Waals surface area contributed by atoms with E-state index in [-0.39, 0.29) is 30.8 Å². The van der Waals surface area contributed by atoms with Crippen LogP contribution in [-0.2, 0) is 4.79 Å². The molecule has 0 radical (unpaired) electrons. The first kappa shape index (κ1) is 21.1. The van der Waals surface area contributed by atoms with E-state index < -0.39 is 11.9 Å².